The van der Waals surface area contributed by atoms with E-state index in [-0.39, 0.29) is 11.5 Å². The average Bonchev–Trinajstić information content (AvgIpc) is 2.71. The van der Waals surface area contributed by atoms with Gasteiger partial charge in [-0.15, -0.1) is 0 Å². The molecule has 1 fully saturated rings. The first-order chi connectivity index (χ1) is 12.8. The molecule has 1 aliphatic rings. The number of pyridine rings is 2. The molecule has 0 spiro atoms. The van der Waals surface area contributed by atoms with Gasteiger partial charge in [0.25, 0.3) is 0 Å². The molecule has 1 saturated heterocycles. The molecule has 0 amide bonds. The molecule has 132 valence electrons. The molecule has 7 heteroatoms. The van der Waals surface area contributed by atoms with Gasteiger partial charge in [0.1, 0.15) is 11.6 Å². The Morgan fingerprint density at radius 1 is 1.19 bits per heavy atom. The Morgan fingerprint density at radius 2 is 2.15 bits per heavy atom. The number of anilines is 2. The molecule has 0 saturated carbocycles. The number of hydrogen-bond donors (Lipinski definition) is 3. The van der Waals surface area contributed by atoms with Crippen LogP contribution in [0.3, 0.4) is 0 Å². The summed E-state index contributed by atoms with van der Waals surface area (Å²) in [4.78, 5) is 27.6. The number of piperidine rings is 1. The third-order valence-corrected chi connectivity index (χ3v) is 4.42. The van der Waals surface area contributed by atoms with Crippen molar-refractivity contribution in [2.24, 2.45) is 0 Å². The maximum atomic E-state index is 11.3. The van der Waals surface area contributed by atoms with Crippen LogP contribution in [0.15, 0.2) is 53.7 Å². The van der Waals surface area contributed by atoms with Crippen LogP contribution in [-0.4, -0.2) is 33.0 Å². The van der Waals surface area contributed by atoms with Crippen LogP contribution >= 0.6 is 0 Å². The molecule has 7 nitrogen and oxygen atoms in total. The Morgan fingerprint density at radius 3 is 2.88 bits per heavy atom. The summed E-state index contributed by atoms with van der Waals surface area (Å²) in [6.45, 7) is 1.93. The van der Waals surface area contributed by atoms with Gasteiger partial charge in [-0.2, -0.15) is 0 Å². The summed E-state index contributed by atoms with van der Waals surface area (Å²) in [5.41, 5.74) is 2.42. The molecule has 26 heavy (non-hydrogen) atoms. The highest BCUT2D eigenvalue weighted by Crippen LogP contribution is 2.26. The van der Waals surface area contributed by atoms with E-state index in [1.54, 1.807) is 24.7 Å². The molecule has 0 aliphatic carbocycles. The molecule has 4 heterocycles. The van der Waals surface area contributed by atoms with Crippen LogP contribution in [0.4, 0.5) is 11.5 Å². The zero-order chi connectivity index (χ0) is 17.8. The summed E-state index contributed by atoms with van der Waals surface area (Å²) < 4.78 is 0. The van der Waals surface area contributed by atoms with E-state index < -0.39 is 0 Å². The van der Waals surface area contributed by atoms with E-state index >= 15 is 0 Å². The summed E-state index contributed by atoms with van der Waals surface area (Å²) >= 11 is 0. The smallest absolute Gasteiger partial charge is 0.248 e. The quantitative estimate of drug-likeness (QED) is 0.670. The number of aromatic amines is 1. The van der Waals surface area contributed by atoms with Gasteiger partial charge in [-0.05, 0) is 37.6 Å². The Kier molecular flexibility index (Phi) is 4.70. The predicted molar refractivity (Wildman–Crippen MR) is 100 cm³/mol. The van der Waals surface area contributed by atoms with Gasteiger partial charge in [0.15, 0.2) is 0 Å². The van der Waals surface area contributed by atoms with E-state index in [0.717, 1.165) is 48.7 Å². The van der Waals surface area contributed by atoms with Crippen LogP contribution in [-0.2, 0) is 0 Å². The van der Waals surface area contributed by atoms with Gasteiger partial charge in [-0.1, -0.05) is 0 Å². The summed E-state index contributed by atoms with van der Waals surface area (Å²) in [5.74, 6) is 1.81. The molecular formula is C19H20N6O. The molecule has 1 aliphatic heterocycles. The van der Waals surface area contributed by atoms with Gasteiger partial charge in [0.05, 0.1) is 11.4 Å². The van der Waals surface area contributed by atoms with Gasteiger partial charge >= 0.3 is 0 Å². The number of nitrogens with zero attached hydrogens (tertiary/aromatic N) is 3. The zero-order valence-electron chi connectivity index (χ0n) is 14.3. The molecule has 3 aromatic heterocycles. The van der Waals surface area contributed by atoms with Crippen molar-refractivity contribution in [3.05, 3.63) is 65.1 Å². The lowest BCUT2D eigenvalue weighted by Gasteiger charge is -2.22. The Balaban J connectivity index is 1.71. The topological polar surface area (TPSA) is 95.6 Å². The van der Waals surface area contributed by atoms with Crippen molar-refractivity contribution in [3.63, 3.8) is 0 Å². The fourth-order valence-electron chi connectivity index (χ4n) is 3.08. The standard InChI is InChI=1S/C19H20N6O/c26-18-6-5-15(12-22-18)23-17-9-16(13-3-1-7-20-10-13)24-19(25-17)14-4-2-8-21-11-14/h1,3,5-7,9-10,12,14,21H,2,4,8,11H2,(H,22,26)(H,23,24,25). The first-order valence-electron chi connectivity index (χ1n) is 8.74. The van der Waals surface area contributed by atoms with Crippen molar-refractivity contribution in [2.45, 2.75) is 18.8 Å². The third-order valence-electron chi connectivity index (χ3n) is 4.42. The van der Waals surface area contributed by atoms with Gasteiger partial charge < -0.3 is 15.6 Å². The Hall–Kier alpha value is -3.06. The summed E-state index contributed by atoms with van der Waals surface area (Å²) in [6.07, 6.45) is 7.37. The summed E-state index contributed by atoms with van der Waals surface area (Å²) in [5, 5.41) is 6.67. The second-order valence-corrected chi connectivity index (χ2v) is 6.35. The first kappa shape index (κ1) is 16.4. The van der Waals surface area contributed by atoms with Gasteiger partial charge in [0.2, 0.25) is 5.56 Å². The van der Waals surface area contributed by atoms with Gasteiger partial charge in [0, 0.05) is 48.7 Å². The zero-order valence-corrected chi connectivity index (χ0v) is 14.3. The minimum Gasteiger partial charge on any atom is -0.339 e. The fraction of sp³-hybridized carbons (Fsp3) is 0.263. The maximum absolute atomic E-state index is 11.3. The lowest BCUT2D eigenvalue weighted by atomic mass is 9.98. The van der Waals surface area contributed by atoms with Crippen LogP contribution < -0.4 is 16.2 Å². The molecular weight excluding hydrogens is 328 g/mol. The Bertz CT molecular complexity index is 914. The lowest BCUT2D eigenvalue weighted by Crippen LogP contribution is -2.29. The lowest BCUT2D eigenvalue weighted by molar-refractivity contribution is 0.447. The highest BCUT2D eigenvalue weighted by atomic mass is 16.1. The number of rotatable bonds is 4. The van der Waals surface area contributed by atoms with E-state index in [9.17, 15) is 4.79 Å². The van der Waals surface area contributed by atoms with E-state index in [4.69, 9.17) is 9.97 Å². The number of H-pyrrole nitrogens is 1. The van der Waals surface area contributed by atoms with Crippen molar-refractivity contribution in [3.8, 4) is 11.3 Å². The molecule has 4 rings (SSSR count). The molecule has 3 N–H and O–H groups in total. The molecule has 1 atom stereocenters. The Labute approximate surface area is 151 Å². The van der Waals surface area contributed by atoms with Crippen LogP contribution in [0, 0.1) is 0 Å². The van der Waals surface area contributed by atoms with Crippen molar-refractivity contribution in [2.75, 3.05) is 18.4 Å². The largest absolute Gasteiger partial charge is 0.339 e. The van der Waals surface area contributed by atoms with Crippen molar-refractivity contribution >= 4 is 11.5 Å². The molecule has 0 radical (unpaired) electrons. The van der Waals surface area contributed by atoms with Crippen molar-refractivity contribution in [1.82, 2.24) is 25.3 Å². The minimum absolute atomic E-state index is 0.136. The average molecular weight is 348 g/mol. The minimum atomic E-state index is -0.136. The van der Waals surface area contributed by atoms with Gasteiger partial charge in [-0.25, -0.2) is 9.97 Å². The summed E-state index contributed by atoms with van der Waals surface area (Å²) in [7, 11) is 0. The SMILES string of the molecule is O=c1ccc(Nc2cc(-c3cccnc3)nc(C3CCCNC3)n2)c[nH]1. The summed E-state index contributed by atoms with van der Waals surface area (Å²) in [6, 6.07) is 9.00. The third kappa shape index (κ3) is 3.78. The van der Waals surface area contributed by atoms with Crippen LogP contribution in [0.5, 0.6) is 0 Å². The van der Waals surface area contributed by atoms with E-state index in [2.05, 4.69) is 20.6 Å². The van der Waals surface area contributed by atoms with Crippen LogP contribution in [0.1, 0.15) is 24.6 Å². The first-order valence-corrected chi connectivity index (χ1v) is 8.74. The molecule has 3 aromatic rings. The molecule has 0 aromatic carbocycles. The number of aromatic nitrogens is 4. The molecule has 1 unspecified atom stereocenters. The highest BCUT2D eigenvalue weighted by molar-refractivity contribution is 5.64. The maximum Gasteiger partial charge on any atom is 0.248 e. The fourth-order valence-corrected chi connectivity index (χ4v) is 3.08. The van der Waals surface area contributed by atoms with Crippen LogP contribution in [0.25, 0.3) is 11.3 Å². The van der Waals surface area contributed by atoms with Gasteiger partial charge in [-0.3, -0.25) is 9.78 Å². The highest BCUT2D eigenvalue weighted by Gasteiger charge is 2.19. The predicted octanol–water partition coefficient (Wildman–Crippen LogP) is 2.44. The number of hydrogen-bond acceptors (Lipinski definition) is 6. The van der Waals surface area contributed by atoms with Crippen LogP contribution in [0.2, 0.25) is 0 Å². The van der Waals surface area contributed by atoms with Crippen molar-refractivity contribution < 1.29 is 0 Å². The number of nitrogens with one attached hydrogen (secondary N) is 3. The molecule has 0 bridgehead atoms. The second-order valence-electron chi connectivity index (χ2n) is 6.35. The van der Waals surface area contributed by atoms with E-state index in [1.807, 2.05) is 18.2 Å². The van der Waals surface area contributed by atoms with Crippen molar-refractivity contribution in [1.29, 1.82) is 0 Å². The second kappa shape index (κ2) is 7.45. The normalized spacial score (nSPS) is 17.0. The van der Waals surface area contributed by atoms with E-state index in [0.29, 0.717) is 5.82 Å². The monoisotopic (exact) mass is 348 g/mol. The van der Waals surface area contributed by atoms with E-state index in [1.165, 1.54) is 6.07 Å².